The summed E-state index contributed by atoms with van der Waals surface area (Å²) in [7, 11) is 0. The molecular weight excluding hydrogens is 156 g/mol. The molecule has 0 fully saturated rings. The lowest BCUT2D eigenvalue weighted by Gasteiger charge is -2.02. The van der Waals surface area contributed by atoms with E-state index in [0.717, 1.165) is 12.8 Å². The molecule has 70 valence electrons. The molecule has 0 bridgehead atoms. The van der Waals surface area contributed by atoms with E-state index in [1.54, 1.807) is 0 Å². The lowest BCUT2D eigenvalue weighted by molar-refractivity contribution is 0.0555. The van der Waals surface area contributed by atoms with Gasteiger partial charge < -0.3 is 9.47 Å². The Hall–Kier alpha value is -1.17. The van der Waals surface area contributed by atoms with Crippen LogP contribution in [0.5, 0.6) is 0 Å². The van der Waals surface area contributed by atoms with Gasteiger partial charge in [-0.3, -0.25) is 0 Å². The van der Waals surface area contributed by atoms with Gasteiger partial charge >= 0.3 is 6.16 Å². The Morgan fingerprint density at radius 1 is 1.08 bits per heavy atom. The smallest absolute Gasteiger partial charge is 0.434 e. The Kier molecular flexibility index (Phi) is 14.0. The van der Waals surface area contributed by atoms with E-state index in [1.165, 1.54) is 0 Å². The maximum atomic E-state index is 10.5. The molecule has 0 aliphatic rings. The first-order valence-corrected chi connectivity index (χ1v) is 3.94. The summed E-state index contributed by atoms with van der Waals surface area (Å²) < 4.78 is 9.26. The maximum absolute atomic E-state index is 10.5. The summed E-state index contributed by atoms with van der Waals surface area (Å²) in [5.41, 5.74) is 0. The molecule has 0 aromatic carbocycles. The predicted molar refractivity (Wildman–Crippen MR) is 47.8 cm³/mol. The predicted octanol–water partition coefficient (Wildman–Crippen LogP) is 2.21. The van der Waals surface area contributed by atoms with Crippen molar-refractivity contribution < 1.29 is 14.3 Å². The van der Waals surface area contributed by atoms with E-state index < -0.39 is 6.16 Å². The van der Waals surface area contributed by atoms with Gasteiger partial charge in [0.1, 0.15) is 0 Å². The van der Waals surface area contributed by atoms with E-state index in [1.807, 2.05) is 13.8 Å². The molecule has 0 N–H and O–H groups in total. The van der Waals surface area contributed by atoms with Crippen molar-refractivity contribution in [3.63, 3.8) is 0 Å². The Morgan fingerprint density at radius 2 is 1.42 bits per heavy atom. The largest absolute Gasteiger partial charge is 0.508 e. The summed E-state index contributed by atoms with van der Waals surface area (Å²) >= 11 is 0. The zero-order valence-corrected chi connectivity index (χ0v) is 7.71. The number of rotatable bonds is 4. The molecule has 0 rings (SSSR count). The second-order valence-corrected chi connectivity index (χ2v) is 1.95. The summed E-state index contributed by atoms with van der Waals surface area (Å²) in [4.78, 5) is 10.5. The fraction of sp³-hybridized carbons (Fsp3) is 0.667. The molecule has 3 heteroatoms. The van der Waals surface area contributed by atoms with Crippen molar-refractivity contribution in [2.24, 2.45) is 0 Å². The van der Waals surface area contributed by atoms with E-state index >= 15 is 0 Å². The third kappa shape index (κ3) is 11.6. The topological polar surface area (TPSA) is 35.5 Å². The molecule has 0 amide bonds. The molecule has 0 spiro atoms. The van der Waals surface area contributed by atoms with Crippen molar-refractivity contribution in [2.45, 2.75) is 26.7 Å². The van der Waals surface area contributed by atoms with Gasteiger partial charge in [-0.15, -0.1) is 12.8 Å². The Morgan fingerprint density at radius 3 is 1.67 bits per heavy atom. The van der Waals surface area contributed by atoms with Gasteiger partial charge in [0.15, 0.2) is 0 Å². The molecular formula is C9H16O3. The third-order valence-corrected chi connectivity index (χ3v) is 0.848. The number of terminal acetylenes is 1. The van der Waals surface area contributed by atoms with Crippen LogP contribution in [0.25, 0.3) is 0 Å². The molecule has 0 unspecified atom stereocenters. The fourth-order valence-electron chi connectivity index (χ4n) is 0.412. The minimum absolute atomic E-state index is 0.447. The maximum Gasteiger partial charge on any atom is 0.508 e. The van der Waals surface area contributed by atoms with Crippen LogP contribution in [0.4, 0.5) is 4.79 Å². The summed E-state index contributed by atoms with van der Waals surface area (Å²) in [6.07, 6.45) is 9.12. The molecule has 0 heterocycles. The summed E-state index contributed by atoms with van der Waals surface area (Å²) in [6.45, 7) is 4.77. The van der Waals surface area contributed by atoms with Gasteiger partial charge in [0.25, 0.3) is 0 Å². The Labute approximate surface area is 74.1 Å². The van der Waals surface area contributed by atoms with Crippen LogP contribution >= 0.6 is 0 Å². The number of hydrogen-bond acceptors (Lipinski definition) is 3. The molecule has 3 nitrogen and oxygen atoms in total. The zero-order chi connectivity index (χ0) is 9.82. The average molecular weight is 172 g/mol. The fourth-order valence-corrected chi connectivity index (χ4v) is 0.412. The van der Waals surface area contributed by atoms with Crippen molar-refractivity contribution in [1.82, 2.24) is 0 Å². The molecule has 0 aliphatic heterocycles. The van der Waals surface area contributed by atoms with Crippen molar-refractivity contribution >= 4 is 6.16 Å². The van der Waals surface area contributed by atoms with Crippen LogP contribution in [0.15, 0.2) is 0 Å². The van der Waals surface area contributed by atoms with Gasteiger partial charge in [-0.2, -0.15) is 0 Å². The van der Waals surface area contributed by atoms with Gasteiger partial charge in [-0.25, -0.2) is 4.79 Å². The second kappa shape index (κ2) is 12.5. The molecule has 0 aliphatic carbocycles. The summed E-state index contributed by atoms with van der Waals surface area (Å²) in [5.74, 6) is 0. The molecule has 0 aromatic heterocycles. The number of ether oxygens (including phenoxy) is 2. The minimum atomic E-state index is -0.552. The van der Waals surface area contributed by atoms with E-state index in [9.17, 15) is 4.79 Å². The molecule has 0 radical (unpaired) electrons. The molecule has 12 heavy (non-hydrogen) atoms. The van der Waals surface area contributed by atoms with Crippen molar-refractivity contribution in [3.8, 4) is 12.8 Å². The van der Waals surface area contributed by atoms with E-state index in [2.05, 4.69) is 22.3 Å². The number of carbonyl (C=O) groups is 1. The van der Waals surface area contributed by atoms with Gasteiger partial charge in [-0.05, 0) is 12.8 Å². The quantitative estimate of drug-likeness (QED) is 0.481. The molecule has 0 aromatic rings. The van der Waals surface area contributed by atoms with Crippen molar-refractivity contribution in [2.75, 3.05) is 13.2 Å². The van der Waals surface area contributed by atoms with Crippen molar-refractivity contribution in [1.29, 1.82) is 0 Å². The minimum Gasteiger partial charge on any atom is -0.434 e. The first-order valence-electron chi connectivity index (χ1n) is 3.94. The first kappa shape index (κ1) is 13.4. The normalized spacial score (nSPS) is 7.67. The number of carbonyl (C=O) groups excluding carboxylic acids is 1. The highest BCUT2D eigenvalue weighted by molar-refractivity contribution is 5.59. The molecule has 0 atom stereocenters. The highest BCUT2D eigenvalue weighted by atomic mass is 16.7. The van der Waals surface area contributed by atoms with Gasteiger partial charge in [0.05, 0.1) is 13.2 Å². The SMILES string of the molecule is C#C.CCCOC(=O)OCCC. The van der Waals surface area contributed by atoms with Crippen LogP contribution in [-0.2, 0) is 9.47 Å². The standard InChI is InChI=1S/C7H14O3.C2H2/c1-3-5-9-7(8)10-6-4-2;1-2/h3-6H2,1-2H3;1-2H. The van der Waals surface area contributed by atoms with Crippen LogP contribution in [-0.4, -0.2) is 19.4 Å². The lowest BCUT2D eigenvalue weighted by Crippen LogP contribution is -2.08. The van der Waals surface area contributed by atoms with Crippen LogP contribution in [0.3, 0.4) is 0 Å². The zero-order valence-electron chi connectivity index (χ0n) is 7.71. The van der Waals surface area contributed by atoms with Crippen LogP contribution < -0.4 is 0 Å². The molecule has 0 saturated carbocycles. The monoisotopic (exact) mass is 172 g/mol. The Bertz CT molecular complexity index is 108. The van der Waals surface area contributed by atoms with Crippen molar-refractivity contribution in [3.05, 3.63) is 0 Å². The van der Waals surface area contributed by atoms with Crippen LogP contribution in [0.2, 0.25) is 0 Å². The van der Waals surface area contributed by atoms with Crippen LogP contribution in [0, 0.1) is 12.8 Å². The average Bonchev–Trinajstić information content (AvgIpc) is 2.14. The van der Waals surface area contributed by atoms with Gasteiger partial charge in [0.2, 0.25) is 0 Å². The van der Waals surface area contributed by atoms with Gasteiger partial charge in [0, 0.05) is 0 Å². The van der Waals surface area contributed by atoms with E-state index in [0.29, 0.717) is 13.2 Å². The first-order chi connectivity index (χ1) is 5.81. The molecule has 0 saturated heterocycles. The van der Waals surface area contributed by atoms with Crippen LogP contribution in [0.1, 0.15) is 26.7 Å². The summed E-state index contributed by atoms with van der Waals surface area (Å²) in [5, 5.41) is 0. The summed E-state index contributed by atoms with van der Waals surface area (Å²) in [6, 6.07) is 0. The van der Waals surface area contributed by atoms with E-state index in [4.69, 9.17) is 0 Å². The third-order valence-electron chi connectivity index (χ3n) is 0.848. The second-order valence-electron chi connectivity index (χ2n) is 1.95. The lowest BCUT2D eigenvalue weighted by atomic mass is 10.5. The Balaban J connectivity index is 0. The van der Waals surface area contributed by atoms with Gasteiger partial charge in [-0.1, -0.05) is 13.8 Å². The highest BCUT2D eigenvalue weighted by Crippen LogP contribution is 1.88. The van der Waals surface area contributed by atoms with E-state index in [-0.39, 0.29) is 0 Å². The number of hydrogen-bond donors (Lipinski definition) is 0. The highest BCUT2D eigenvalue weighted by Gasteiger charge is 1.99.